The SMILES string of the molecule is CC/C=C(\C(=O)O)c1c(C)nc2ccc(Br)cc2c1-c1ccc(Cl)cc1. The molecule has 0 aliphatic carbocycles. The fourth-order valence-corrected chi connectivity index (χ4v) is 3.59. The number of benzene rings is 2. The van der Waals surface area contributed by atoms with Gasteiger partial charge in [0.15, 0.2) is 0 Å². The maximum absolute atomic E-state index is 12.0. The number of nitrogens with zero attached hydrogens (tertiary/aromatic N) is 1. The van der Waals surface area contributed by atoms with Gasteiger partial charge in [0.1, 0.15) is 0 Å². The predicted octanol–water partition coefficient (Wildman–Crippen LogP) is 6.50. The normalized spacial score (nSPS) is 11.8. The zero-order chi connectivity index (χ0) is 18.8. The van der Waals surface area contributed by atoms with E-state index in [1.807, 2.05) is 56.3 Å². The molecule has 0 spiro atoms. The highest BCUT2D eigenvalue weighted by Gasteiger charge is 2.21. The Morgan fingerprint density at radius 1 is 1.23 bits per heavy atom. The number of hydrogen-bond acceptors (Lipinski definition) is 2. The number of rotatable bonds is 4. The lowest BCUT2D eigenvalue weighted by atomic mass is 9.89. The summed E-state index contributed by atoms with van der Waals surface area (Å²) in [5.41, 5.74) is 4.18. The molecule has 0 unspecified atom stereocenters. The van der Waals surface area contributed by atoms with Crippen LogP contribution in [0.1, 0.15) is 24.6 Å². The van der Waals surface area contributed by atoms with Crippen LogP contribution >= 0.6 is 27.5 Å². The van der Waals surface area contributed by atoms with Gasteiger partial charge in [0, 0.05) is 31.7 Å². The van der Waals surface area contributed by atoms with E-state index < -0.39 is 5.97 Å². The smallest absolute Gasteiger partial charge is 0.336 e. The monoisotopic (exact) mass is 429 g/mol. The first-order chi connectivity index (χ1) is 12.4. The Hall–Kier alpha value is -2.17. The molecule has 0 fully saturated rings. The van der Waals surface area contributed by atoms with E-state index in [0.29, 0.717) is 22.7 Å². The van der Waals surface area contributed by atoms with E-state index in [1.165, 1.54) is 0 Å². The Bertz CT molecular complexity index is 1030. The number of carboxylic acid groups (broad SMARTS) is 1. The number of hydrogen-bond donors (Lipinski definition) is 1. The summed E-state index contributed by atoms with van der Waals surface area (Å²) in [5.74, 6) is -0.957. The molecule has 2 aromatic carbocycles. The van der Waals surface area contributed by atoms with Crippen LogP contribution in [-0.2, 0) is 4.79 Å². The van der Waals surface area contributed by atoms with E-state index >= 15 is 0 Å². The molecule has 1 N–H and O–H groups in total. The van der Waals surface area contributed by atoms with Crippen molar-refractivity contribution in [3.63, 3.8) is 0 Å². The fourth-order valence-electron chi connectivity index (χ4n) is 3.10. The number of aryl methyl sites for hydroxylation is 1. The molecule has 3 nitrogen and oxygen atoms in total. The van der Waals surface area contributed by atoms with Crippen molar-refractivity contribution < 1.29 is 9.90 Å². The minimum atomic E-state index is -0.957. The van der Waals surface area contributed by atoms with Gasteiger partial charge in [-0.05, 0) is 49.2 Å². The van der Waals surface area contributed by atoms with Crippen LogP contribution in [0.4, 0.5) is 0 Å². The highest BCUT2D eigenvalue weighted by atomic mass is 79.9. The summed E-state index contributed by atoms with van der Waals surface area (Å²) in [4.78, 5) is 16.6. The van der Waals surface area contributed by atoms with Crippen LogP contribution in [0.25, 0.3) is 27.6 Å². The van der Waals surface area contributed by atoms with Crippen molar-refractivity contribution in [2.45, 2.75) is 20.3 Å². The second kappa shape index (κ2) is 7.60. The van der Waals surface area contributed by atoms with E-state index in [-0.39, 0.29) is 5.57 Å². The summed E-state index contributed by atoms with van der Waals surface area (Å²) in [5, 5.41) is 11.3. The molecule has 0 saturated heterocycles. The lowest BCUT2D eigenvalue weighted by Crippen LogP contribution is -2.06. The Labute approximate surface area is 165 Å². The Kier molecular flexibility index (Phi) is 5.44. The van der Waals surface area contributed by atoms with Gasteiger partial charge in [-0.2, -0.15) is 0 Å². The molecule has 0 aliphatic heterocycles. The van der Waals surface area contributed by atoms with E-state index in [2.05, 4.69) is 20.9 Å². The van der Waals surface area contributed by atoms with E-state index in [4.69, 9.17) is 11.6 Å². The Morgan fingerprint density at radius 3 is 2.54 bits per heavy atom. The third kappa shape index (κ3) is 3.53. The van der Waals surface area contributed by atoms with Crippen LogP contribution in [0.5, 0.6) is 0 Å². The standard InChI is InChI=1S/C21H17BrClNO2/c1-3-4-16(21(25)26)19-12(2)24-18-10-7-14(22)11-17(18)20(19)13-5-8-15(23)9-6-13/h4-11H,3H2,1-2H3,(H,25,26)/b16-4-. The van der Waals surface area contributed by atoms with Gasteiger partial charge in [-0.1, -0.05) is 52.7 Å². The second-order valence-electron chi connectivity index (χ2n) is 5.95. The number of fused-ring (bicyclic) bond motifs is 1. The minimum Gasteiger partial charge on any atom is -0.478 e. The molecule has 3 rings (SSSR count). The summed E-state index contributed by atoms with van der Waals surface area (Å²) < 4.78 is 0.910. The average Bonchev–Trinajstić information content (AvgIpc) is 2.60. The minimum absolute atomic E-state index is 0.268. The van der Waals surface area contributed by atoms with Gasteiger partial charge in [0.05, 0.1) is 11.1 Å². The molecule has 0 aliphatic rings. The molecule has 132 valence electrons. The maximum Gasteiger partial charge on any atom is 0.336 e. The molecule has 26 heavy (non-hydrogen) atoms. The largest absolute Gasteiger partial charge is 0.478 e. The van der Waals surface area contributed by atoms with E-state index in [1.54, 1.807) is 6.08 Å². The van der Waals surface area contributed by atoms with Crippen LogP contribution in [0.15, 0.2) is 53.0 Å². The highest BCUT2D eigenvalue weighted by Crippen LogP contribution is 2.38. The fraction of sp³-hybridized carbons (Fsp3) is 0.143. The van der Waals surface area contributed by atoms with Gasteiger partial charge in [0.25, 0.3) is 0 Å². The van der Waals surface area contributed by atoms with Crippen molar-refractivity contribution >= 4 is 50.0 Å². The molecule has 0 amide bonds. The van der Waals surface area contributed by atoms with Crippen molar-refractivity contribution in [2.75, 3.05) is 0 Å². The lowest BCUT2D eigenvalue weighted by Gasteiger charge is -2.17. The molecule has 0 saturated carbocycles. The third-order valence-corrected chi connectivity index (χ3v) is 4.91. The maximum atomic E-state index is 12.0. The van der Waals surface area contributed by atoms with Crippen molar-refractivity contribution in [1.29, 1.82) is 0 Å². The number of carboxylic acids is 1. The molecule has 1 aromatic heterocycles. The summed E-state index contributed by atoms with van der Waals surface area (Å²) in [6, 6.07) is 13.3. The van der Waals surface area contributed by atoms with Gasteiger partial charge < -0.3 is 5.11 Å². The van der Waals surface area contributed by atoms with Crippen LogP contribution in [0, 0.1) is 6.92 Å². The van der Waals surface area contributed by atoms with Crippen molar-refractivity contribution in [3.8, 4) is 11.1 Å². The van der Waals surface area contributed by atoms with Gasteiger partial charge in [-0.25, -0.2) is 4.79 Å². The summed E-state index contributed by atoms with van der Waals surface area (Å²) >= 11 is 9.56. The second-order valence-corrected chi connectivity index (χ2v) is 7.30. The van der Waals surface area contributed by atoms with E-state index in [9.17, 15) is 9.90 Å². The number of halogens is 2. The van der Waals surface area contributed by atoms with Gasteiger partial charge >= 0.3 is 5.97 Å². The van der Waals surface area contributed by atoms with Gasteiger partial charge in [-0.15, -0.1) is 0 Å². The van der Waals surface area contributed by atoms with Crippen LogP contribution < -0.4 is 0 Å². The number of carbonyl (C=O) groups is 1. The van der Waals surface area contributed by atoms with E-state index in [0.717, 1.165) is 26.5 Å². The first-order valence-electron chi connectivity index (χ1n) is 8.22. The van der Waals surface area contributed by atoms with Crippen molar-refractivity contribution in [2.24, 2.45) is 0 Å². The predicted molar refractivity (Wildman–Crippen MR) is 111 cm³/mol. The molecule has 5 heteroatoms. The van der Waals surface area contributed by atoms with Crippen LogP contribution in [0.3, 0.4) is 0 Å². The molecule has 1 heterocycles. The van der Waals surface area contributed by atoms with Crippen molar-refractivity contribution in [1.82, 2.24) is 4.98 Å². The Morgan fingerprint density at radius 2 is 1.92 bits per heavy atom. The zero-order valence-corrected chi connectivity index (χ0v) is 16.7. The van der Waals surface area contributed by atoms with Crippen molar-refractivity contribution in [3.05, 3.63) is 69.3 Å². The quantitative estimate of drug-likeness (QED) is 0.480. The number of pyridine rings is 1. The molecule has 0 bridgehead atoms. The molecular formula is C21H17BrClNO2. The number of aliphatic carboxylic acids is 1. The summed E-state index contributed by atoms with van der Waals surface area (Å²) in [7, 11) is 0. The summed E-state index contributed by atoms with van der Waals surface area (Å²) in [6.45, 7) is 3.77. The summed E-state index contributed by atoms with van der Waals surface area (Å²) in [6.07, 6.45) is 2.35. The zero-order valence-electron chi connectivity index (χ0n) is 14.4. The highest BCUT2D eigenvalue weighted by molar-refractivity contribution is 9.10. The molecule has 3 aromatic rings. The molecular weight excluding hydrogens is 414 g/mol. The third-order valence-electron chi connectivity index (χ3n) is 4.17. The first-order valence-corrected chi connectivity index (χ1v) is 9.39. The average molecular weight is 431 g/mol. The lowest BCUT2D eigenvalue weighted by molar-refractivity contribution is -0.130. The number of allylic oxidation sites excluding steroid dienone is 1. The molecule has 0 atom stereocenters. The topological polar surface area (TPSA) is 50.2 Å². The first kappa shape index (κ1) is 18.6. The molecule has 0 radical (unpaired) electrons. The Balaban J connectivity index is 2.48. The van der Waals surface area contributed by atoms with Crippen LogP contribution in [-0.4, -0.2) is 16.1 Å². The van der Waals surface area contributed by atoms with Gasteiger partial charge in [-0.3, -0.25) is 4.98 Å². The number of aromatic nitrogens is 1. The van der Waals surface area contributed by atoms with Gasteiger partial charge in [0.2, 0.25) is 0 Å². The van der Waals surface area contributed by atoms with Crippen LogP contribution in [0.2, 0.25) is 5.02 Å².